The molecule has 2 atom stereocenters. The summed E-state index contributed by atoms with van der Waals surface area (Å²) in [4.78, 5) is 2.65. The summed E-state index contributed by atoms with van der Waals surface area (Å²) in [7, 11) is 0. The smallest absolute Gasteiger partial charge is 0.0438 e. The highest BCUT2D eigenvalue weighted by Crippen LogP contribution is 2.27. The van der Waals surface area contributed by atoms with Gasteiger partial charge in [0.25, 0.3) is 0 Å². The van der Waals surface area contributed by atoms with Crippen LogP contribution in [0.15, 0.2) is 0 Å². The molecule has 2 fully saturated rings. The van der Waals surface area contributed by atoms with Crippen LogP contribution < -0.4 is 5.32 Å². The summed E-state index contributed by atoms with van der Waals surface area (Å²) in [5.41, 5.74) is 0. The maximum atomic E-state index is 8.66. The normalized spacial score (nSPS) is 29.8. The van der Waals surface area contributed by atoms with Crippen molar-refractivity contribution in [3.63, 3.8) is 0 Å². The first-order chi connectivity index (χ1) is 7.92. The molecule has 0 spiro atoms. The zero-order valence-corrected chi connectivity index (χ0v) is 10.8. The fourth-order valence-electron chi connectivity index (χ4n) is 2.91. The minimum absolute atomic E-state index is 0.333. The molecule has 0 radical (unpaired) electrons. The molecule has 3 nitrogen and oxygen atoms in total. The van der Waals surface area contributed by atoms with Crippen molar-refractivity contribution in [3.05, 3.63) is 0 Å². The standard InChI is InChI=1S/C12H24N2OS/c15-8-2-9-16-10-5-13-11-4-7-14-6-1-3-12(11)14/h11-13,15H,1-10H2. The second-order valence-corrected chi connectivity index (χ2v) is 6.01. The van der Waals surface area contributed by atoms with Gasteiger partial charge in [-0.3, -0.25) is 4.90 Å². The van der Waals surface area contributed by atoms with E-state index in [-0.39, 0.29) is 0 Å². The summed E-state index contributed by atoms with van der Waals surface area (Å²) in [6.45, 7) is 4.10. The number of rotatable bonds is 7. The van der Waals surface area contributed by atoms with Gasteiger partial charge in [-0.2, -0.15) is 11.8 Å². The Kier molecular flexibility index (Phi) is 5.42. The average molecular weight is 244 g/mol. The Morgan fingerprint density at radius 2 is 2.19 bits per heavy atom. The van der Waals surface area contributed by atoms with Crippen molar-refractivity contribution < 1.29 is 5.11 Å². The third-order valence-corrected chi connectivity index (χ3v) is 4.78. The summed E-state index contributed by atoms with van der Waals surface area (Å²) in [6, 6.07) is 1.59. The SMILES string of the molecule is OCCCSCCNC1CCN2CCCC12. The van der Waals surface area contributed by atoms with Gasteiger partial charge in [-0.05, 0) is 38.0 Å². The van der Waals surface area contributed by atoms with Crippen LogP contribution >= 0.6 is 11.8 Å². The molecule has 0 aliphatic carbocycles. The maximum Gasteiger partial charge on any atom is 0.0438 e. The lowest BCUT2D eigenvalue weighted by Gasteiger charge is -2.21. The van der Waals surface area contributed by atoms with E-state index in [4.69, 9.17) is 5.11 Å². The lowest BCUT2D eigenvalue weighted by molar-refractivity contribution is 0.296. The van der Waals surface area contributed by atoms with E-state index in [1.54, 1.807) is 0 Å². The van der Waals surface area contributed by atoms with Crippen molar-refractivity contribution in [2.45, 2.75) is 37.8 Å². The van der Waals surface area contributed by atoms with Crippen molar-refractivity contribution in [2.24, 2.45) is 0 Å². The molecular weight excluding hydrogens is 220 g/mol. The van der Waals surface area contributed by atoms with E-state index < -0.39 is 0 Å². The molecule has 16 heavy (non-hydrogen) atoms. The van der Waals surface area contributed by atoms with E-state index in [0.29, 0.717) is 6.61 Å². The number of nitrogens with zero attached hydrogens (tertiary/aromatic N) is 1. The van der Waals surface area contributed by atoms with Crippen LogP contribution in [0.4, 0.5) is 0 Å². The Bertz CT molecular complexity index is 203. The number of hydrogen-bond acceptors (Lipinski definition) is 4. The summed E-state index contributed by atoms with van der Waals surface area (Å²) < 4.78 is 0. The Balaban J connectivity index is 1.53. The van der Waals surface area contributed by atoms with Gasteiger partial charge in [0.2, 0.25) is 0 Å². The van der Waals surface area contributed by atoms with Crippen LogP contribution in [0.2, 0.25) is 0 Å². The molecule has 2 heterocycles. The quantitative estimate of drug-likeness (QED) is 0.653. The Morgan fingerprint density at radius 3 is 3.06 bits per heavy atom. The van der Waals surface area contributed by atoms with Crippen LogP contribution in [0.25, 0.3) is 0 Å². The number of nitrogens with one attached hydrogen (secondary N) is 1. The third-order valence-electron chi connectivity index (χ3n) is 3.71. The molecule has 2 rings (SSSR count). The fourth-order valence-corrected chi connectivity index (χ4v) is 3.71. The van der Waals surface area contributed by atoms with Crippen LogP contribution in [-0.4, -0.2) is 59.8 Å². The van der Waals surface area contributed by atoms with Crippen LogP contribution in [-0.2, 0) is 0 Å². The highest BCUT2D eigenvalue weighted by atomic mass is 32.2. The molecule has 0 aromatic rings. The molecule has 0 aromatic heterocycles. The summed E-state index contributed by atoms with van der Waals surface area (Å²) in [6.07, 6.45) is 5.07. The lowest BCUT2D eigenvalue weighted by Crippen LogP contribution is -2.40. The molecule has 0 bridgehead atoms. The van der Waals surface area contributed by atoms with Crippen LogP contribution in [0.3, 0.4) is 0 Å². The zero-order chi connectivity index (χ0) is 11.2. The van der Waals surface area contributed by atoms with E-state index in [1.165, 1.54) is 38.1 Å². The lowest BCUT2D eigenvalue weighted by atomic mass is 10.1. The zero-order valence-electron chi connectivity index (χ0n) is 10.0. The van der Waals surface area contributed by atoms with Gasteiger partial charge in [0.1, 0.15) is 0 Å². The summed E-state index contributed by atoms with van der Waals surface area (Å²) in [5.74, 6) is 2.28. The monoisotopic (exact) mass is 244 g/mol. The molecule has 2 saturated heterocycles. The Morgan fingerprint density at radius 1 is 1.25 bits per heavy atom. The summed E-state index contributed by atoms with van der Waals surface area (Å²) >= 11 is 1.95. The predicted octanol–water partition coefficient (Wildman–Crippen LogP) is 0.928. The second kappa shape index (κ2) is 6.84. The minimum atomic E-state index is 0.333. The first-order valence-corrected chi connectivity index (χ1v) is 7.73. The van der Waals surface area contributed by atoms with Crippen molar-refractivity contribution in [1.82, 2.24) is 10.2 Å². The van der Waals surface area contributed by atoms with Gasteiger partial charge in [0.15, 0.2) is 0 Å². The highest BCUT2D eigenvalue weighted by Gasteiger charge is 2.36. The molecule has 94 valence electrons. The van der Waals surface area contributed by atoms with Gasteiger partial charge in [-0.25, -0.2) is 0 Å². The van der Waals surface area contributed by atoms with Crippen molar-refractivity contribution >= 4 is 11.8 Å². The number of aliphatic hydroxyl groups excluding tert-OH is 1. The molecule has 4 heteroatoms. The first kappa shape index (κ1) is 12.7. The maximum absolute atomic E-state index is 8.66. The van der Waals surface area contributed by atoms with Gasteiger partial charge in [-0.15, -0.1) is 0 Å². The molecule has 0 amide bonds. The molecule has 0 saturated carbocycles. The number of thioether (sulfide) groups is 1. The highest BCUT2D eigenvalue weighted by molar-refractivity contribution is 7.99. The van der Waals surface area contributed by atoms with Gasteiger partial charge >= 0.3 is 0 Å². The van der Waals surface area contributed by atoms with Gasteiger partial charge in [0.05, 0.1) is 0 Å². The van der Waals surface area contributed by atoms with Crippen LogP contribution in [0.5, 0.6) is 0 Å². The van der Waals surface area contributed by atoms with E-state index in [2.05, 4.69) is 10.2 Å². The number of fused-ring (bicyclic) bond motifs is 1. The molecule has 2 aliphatic rings. The van der Waals surface area contributed by atoms with Gasteiger partial charge in [0, 0.05) is 37.5 Å². The largest absolute Gasteiger partial charge is 0.396 e. The van der Waals surface area contributed by atoms with E-state index in [9.17, 15) is 0 Å². The van der Waals surface area contributed by atoms with E-state index in [0.717, 1.165) is 30.8 Å². The molecule has 0 aromatic carbocycles. The van der Waals surface area contributed by atoms with Gasteiger partial charge < -0.3 is 10.4 Å². The van der Waals surface area contributed by atoms with Gasteiger partial charge in [-0.1, -0.05) is 0 Å². The number of aliphatic hydroxyl groups is 1. The minimum Gasteiger partial charge on any atom is -0.396 e. The topological polar surface area (TPSA) is 35.5 Å². The third kappa shape index (κ3) is 3.36. The summed E-state index contributed by atoms with van der Waals surface area (Å²) in [5, 5.41) is 12.4. The molecular formula is C12H24N2OS. The van der Waals surface area contributed by atoms with E-state index in [1.807, 2.05) is 11.8 Å². The average Bonchev–Trinajstić information content (AvgIpc) is 2.87. The van der Waals surface area contributed by atoms with Crippen LogP contribution in [0.1, 0.15) is 25.7 Å². The Labute approximate surface area is 103 Å². The fraction of sp³-hybridized carbons (Fsp3) is 1.00. The van der Waals surface area contributed by atoms with Crippen molar-refractivity contribution in [3.8, 4) is 0 Å². The van der Waals surface area contributed by atoms with Crippen LogP contribution in [0, 0.1) is 0 Å². The number of hydrogen-bond donors (Lipinski definition) is 2. The second-order valence-electron chi connectivity index (χ2n) is 4.78. The van der Waals surface area contributed by atoms with Crippen molar-refractivity contribution in [2.75, 3.05) is 37.7 Å². The Hall–Kier alpha value is 0.230. The van der Waals surface area contributed by atoms with Crippen molar-refractivity contribution in [1.29, 1.82) is 0 Å². The molecule has 2 N–H and O–H groups in total. The predicted molar refractivity (Wildman–Crippen MR) is 70.0 cm³/mol. The molecule has 2 aliphatic heterocycles. The first-order valence-electron chi connectivity index (χ1n) is 6.58. The van der Waals surface area contributed by atoms with E-state index >= 15 is 0 Å². The molecule has 2 unspecified atom stereocenters.